The molecule has 0 atom stereocenters. The molecular weight excluding hydrogens is 232 g/mol. The quantitative estimate of drug-likeness (QED) is 0.798. The Morgan fingerprint density at radius 1 is 0.737 bits per heavy atom. The van der Waals surface area contributed by atoms with Gasteiger partial charge >= 0.3 is 0 Å². The fourth-order valence-electron chi connectivity index (χ4n) is 1.62. The van der Waals surface area contributed by atoms with Crippen molar-refractivity contribution in [3.8, 4) is 0 Å². The van der Waals surface area contributed by atoms with Crippen molar-refractivity contribution in [1.82, 2.24) is 10.9 Å². The second-order valence-electron chi connectivity index (χ2n) is 4.08. The molecule has 0 fully saturated rings. The summed E-state index contributed by atoms with van der Waals surface area (Å²) in [7, 11) is 0. The maximum absolute atomic E-state index is 2.86. The molecule has 0 aromatic heterocycles. The summed E-state index contributed by atoms with van der Waals surface area (Å²) in [4.78, 5) is 0. The highest BCUT2D eigenvalue weighted by atomic mass is 15.4. The summed E-state index contributed by atoms with van der Waals surface area (Å²) in [5.41, 5.74) is 8.12. The first-order valence-electron chi connectivity index (χ1n) is 6.37. The van der Waals surface area contributed by atoms with E-state index in [2.05, 4.69) is 47.3 Å². The first-order chi connectivity index (χ1) is 9.45. The molecule has 0 saturated heterocycles. The Labute approximate surface area is 114 Å². The van der Waals surface area contributed by atoms with E-state index in [0.29, 0.717) is 0 Å². The highest BCUT2D eigenvalue weighted by Gasteiger charge is 1.84. The van der Waals surface area contributed by atoms with Gasteiger partial charge in [-0.2, -0.15) is 0 Å². The number of benzene rings is 2. The number of rotatable bonds is 2. The molecule has 0 bridgehead atoms. The van der Waals surface area contributed by atoms with E-state index in [-0.39, 0.29) is 0 Å². The van der Waals surface area contributed by atoms with Crippen LogP contribution in [0.3, 0.4) is 0 Å². The SMILES string of the molecule is C(=Cc1ccccc1)c1ccccc1.C1=CNNC1. The van der Waals surface area contributed by atoms with Crippen LogP contribution < -0.4 is 10.9 Å². The van der Waals surface area contributed by atoms with Crippen LogP contribution >= 0.6 is 0 Å². The molecule has 1 heterocycles. The lowest BCUT2D eigenvalue weighted by molar-refractivity contribution is 0.727. The van der Waals surface area contributed by atoms with E-state index in [1.807, 2.05) is 48.7 Å². The van der Waals surface area contributed by atoms with Crippen molar-refractivity contribution in [1.29, 1.82) is 0 Å². The van der Waals surface area contributed by atoms with Crippen LogP contribution in [0.25, 0.3) is 12.2 Å². The minimum Gasteiger partial charge on any atom is -0.329 e. The van der Waals surface area contributed by atoms with Gasteiger partial charge in [0.05, 0.1) is 0 Å². The largest absolute Gasteiger partial charge is 0.329 e. The molecule has 2 nitrogen and oxygen atoms in total. The lowest BCUT2D eigenvalue weighted by atomic mass is 10.1. The third-order valence-corrected chi connectivity index (χ3v) is 2.59. The molecule has 3 rings (SSSR count). The Kier molecular flexibility index (Phi) is 5.46. The number of nitrogens with one attached hydrogen (secondary N) is 2. The van der Waals surface area contributed by atoms with Crippen LogP contribution in [-0.4, -0.2) is 6.54 Å². The Bertz CT molecular complexity index is 468. The van der Waals surface area contributed by atoms with Crippen LogP contribution in [0, 0.1) is 0 Å². The zero-order valence-corrected chi connectivity index (χ0v) is 10.8. The van der Waals surface area contributed by atoms with Gasteiger partial charge in [-0.05, 0) is 11.1 Å². The van der Waals surface area contributed by atoms with E-state index in [9.17, 15) is 0 Å². The van der Waals surface area contributed by atoms with Gasteiger partial charge in [0.1, 0.15) is 0 Å². The summed E-state index contributed by atoms with van der Waals surface area (Å²) in [6.45, 7) is 0.958. The minimum absolute atomic E-state index is 0.958. The van der Waals surface area contributed by atoms with E-state index in [1.165, 1.54) is 11.1 Å². The van der Waals surface area contributed by atoms with Crippen LogP contribution in [0.2, 0.25) is 0 Å². The Balaban J connectivity index is 0.000000224. The van der Waals surface area contributed by atoms with Gasteiger partial charge < -0.3 is 5.43 Å². The monoisotopic (exact) mass is 250 g/mol. The highest BCUT2D eigenvalue weighted by Crippen LogP contribution is 2.06. The van der Waals surface area contributed by atoms with Crippen LogP contribution in [0.15, 0.2) is 72.9 Å². The third kappa shape index (κ3) is 5.23. The van der Waals surface area contributed by atoms with Crippen LogP contribution in [-0.2, 0) is 0 Å². The summed E-state index contributed by atoms with van der Waals surface area (Å²) in [5.74, 6) is 0. The minimum atomic E-state index is 0.958. The lowest BCUT2D eigenvalue weighted by Gasteiger charge is -1.92. The summed E-state index contributed by atoms with van der Waals surface area (Å²) in [6, 6.07) is 20.6. The van der Waals surface area contributed by atoms with E-state index in [0.717, 1.165) is 6.54 Å². The van der Waals surface area contributed by atoms with Crippen molar-refractivity contribution in [2.75, 3.05) is 6.54 Å². The molecule has 1 aliphatic heterocycles. The van der Waals surface area contributed by atoms with Gasteiger partial charge in [0, 0.05) is 12.7 Å². The smallest absolute Gasteiger partial charge is 0.0345 e. The molecule has 19 heavy (non-hydrogen) atoms. The first kappa shape index (κ1) is 13.1. The van der Waals surface area contributed by atoms with E-state index in [1.54, 1.807) is 0 Å². The second kappa shape index (κ2) is 7.90. The van der Waals surface area contributed by atoms with Gasteiger partial charge in [0.2, 0.25) is 0 Å². The summed E-state index contributed by atoms with van der Waals surface area (Å²) < 4.78 is 0. The predicted octanol–water partition coefficient (Wildman–Crippen LogP) is 3.46. The molecule has 0 spiro atoms. The molecule has 1 aliphatic rings. The molecule has 96 valence electrons. The molecule has 2 aromatic rings. The fourth-order valence-corrected chi connectivity index (χ4v) is 1.62. The standard InChI is InChI=1S/C14H12.C3H6N2/c1-3-7-13(8-4-1)11-12-14-9-5-2-6-10-14;1-2-4-5-3-1/h1-12H;1-2,4-5H,3H2. The molecule has 0 amide bonds. The van der Waals surface area contributed by atoms with Gasteiger partial charge in [-0.3, -0.25) is 0 Å². The second-order valence-corrected chi connectivity index (χ2v) is 4.08. The van der Waals surface area contributed by atoms with E-state index in [4.69, 9.17) is 0 Å². The number of hydrogen-bond acceptors (Lipinski definition) is 2. The van der Waals surface area contributed by atoms with Crippen molar-refractivity contribution in [2.24, 2.45) is 0 Å². The summed E-state index contributed by atoms with van der Waals surface area (Å²) in [5, 5.41) is 0. The fraction of sp³-hybridized carbons (Fsp3) is 0.0588. The molecule has 2 heteroatoms. The molecule has 2 aromatic carbocycles. The number of hydrogen-bond donors (Lipinski definition) is 2. The van der Waals surface area contributed by atoms with Gasteiger partial charge in [-0.15, -0.1) is 0 Å². The molecule has 0 radical (unpaired) electrons. The van der Waals surface area contributed by atoms with Gasteiger partial charge in [-0.25, -0.2) is 5.43 Å². The van der Waals surface area contributed by atoms with Crippen molar-refractivity contribution < 1.29 is 0 Å². The maximum atomic E-state index is 2.86. The number of hydrazine groups is 1. The Morgan fingerprint density at radius 3 is 1.58 bits per heavy atom. The summed E-state index contributed by atoms with van der Waals surface area (Å²) >= 11 is 0. The van der Waals surface area contributed by atoms with Gasteiger partial charge in [0.15, 0.2) is 0 Å². The van der Waals surface area contributed by atoms with Crippen molar-refractivity contribution in [3.63, 3.8) is 0 Å². The van der Waals surface area contributed by atoms with Crippen LogP contribution in [0.4, 0.5) is 0 Å². The Hall–Kier alpha value is -2.32. The highest BCUT2D eigenvalue weighted by molar-refractivity contribution is 5.69. The maximum Gasteiger partial charge on any atom is 0.0345 e. The molecule has 2 N–H and O–H groups in total. The van der Waals surface area contributed by atoms with Crippen LogP contribution in [0.5, 0.6) is 0 Å². The zero-order chi connectivity index (χ0) is 13.2. The van der Waals surface area contributed by atoms with Gasteiger partial charge in [-0.1, -0.05) is 78.9 Å². The average Bonchev–Trinajstić information content (AvgIpc) is 3.07. The Morgan fingerprint density at radius 2 is 1.26 bits per heavy atom. The van der Waals surface area contributed by atoms with E-state index >= 15 is 0 Å². The molecule has 0 aliphatic carbocycles. The van der Waals surface area contributed by atoms with Gasteiger partial charge in [0.25, 0.3) is 0 Å². The molecule has 0 unspecified atom stereocenters. The normalized spacial score (nSPS) is 12.8. The first-order valence-corrected chi connectivity index (χ1v) is 6.37. The van der Waals surface area contributed by atoms with Crippen molar-refractivity contribution in [2.45, 2.75) is 0 Å². The zero-order valence-electron chi connectivity index (χ0n) is 10.8. The topological polar surface area (TPSA) is 24.1 Å². The van der Waals surface area contributed by atoms with E-state index < -0.39 is 0 Å². The average molecular weight is 250 g/mol. The summed E-state index contributed by atoms with van der Waals surface area (Å²) in [6.07, 6.45) is 8.13. The third-order valence-electron chi connectivity index (χ3n) is 2.59. The van der Waals surface area contributed by atoms with Crippen molar-refractivity contribution in [3.05, 3.63) is 84.1 Å². The lowest BCUT2D eigenvalue weighted by Crippen LogP contribution is -2.19. The van der Waals surface area contributed by atoms with Crippen molar-refractivity contribution >= 4 is 12.2 Å². The molecule has 0 saturated carbocycles. The van der Waals surface area contributed by atoms with Crippen LogP contribution in [0.1, 0.15) is 11.1 Å². The molecular formula is C17H18N2. The predicted molar refractivity (Wildman–Crippen MR) is 82.1 cm³/mol.